The number of nitrogens with one attached hydrogen (secondary N) is 1. The monoisotopic (exact) mass is 290 g/mol. The van der Waals surface area contributed by atoms with E-state index in [2.05, 4.69) is 49.2 Å². The van der Waals surface area contributed by atoms with Crippen LogP contribution in [0.1, 0.15) is 43.9 Å². The summed E-state index contributed by atoms with van der Waals surface area (Å²) in [4.78, 5) is 2.59. The lowest BCUT2D eigenvalue weighted by atomic mass is 9.95. The van der Waals surface area contributed by atoms with E-state index in [0.29, 0.717) is 6.04 Å². The lowest BCUT2D eigenvalue weighted by Crippen LogP contribution is -2.37. The van der Waals surface area contributed by atoms with Gasteiger partial charge in [0.1, 0.15) is 5.75 Å². The molecule has 1 unspecified atom stereocenters. The van der Waals surface area contributed by atoms with Gasteiger partial charge in [0.2, 0.25) is 0 Å². The standard InChI is InChI=1S/C18H30N2O/c1-5-20(13-16-8-10-19-11-9-16)15(3)17-12-14(2)6-7-18(17)21-4/h6-7,12,15-16,19H,5,8-11,13H2,1-4H3. The lowest BCUT2D eigenvalue weighted by molar-refractivity contribution is 0.166. The largest absolute Gasteiger partial charge is 0.496 e. The minimum Gasteiger partial charge on any atom is -0.496 e. The molecular formula is C18H30N2O. The van der Waals surface area contributed by atoms with E-state index in [4.69, 9.17) is 4.74 Å². The van der Waals surface area contributed by atoms with Gasteiger partial charge in [-0.05, 0) is 58.3 Å². The molecule has 3 heteroatoms. The highest BCUT2D eigenvalue weighted by molar-refractivity contribution is 5.38. The van der Waals surface area contributed by atoms with Crippen LogP contribution in [0.15, 0.2) is 18.2 Å². The van der Waals surface area contributed by atoms with E-state index in [-0.39, 0.29) is 0 Å². The van der Waals surface area contributed by atoms with Crippen molar-refractivity contribution in [2.24, 2.45) is 5.92 Å². The third-order valence-corrected chi connectivity index (χ3v) is 4.74. The highest BCUT2D eigenvalue weighted by Gasteiger charge is 2.22. The Bertz CT molecular complexity index is 441. The Morgan fingerprint density at radius 3 is 2.67 bits per heavy atom. The van der Waals surface area contributed by atoms with Crippen molar-refractivity contribution in [3.63, 3.8) is 0 Å². The molecule has 0 spiro atoms. The summed E-state index contributed by atoms with van der Waals surface area (Å²) in [6, 6.07) is 6.89. The molecule has 0 saturated carbocycles. The number of ether oxygens (including phenoxy) is 1. The van der Waals surface area contributed by atoms with Gasteiger partial charge in [0.15, 0.2) is 0 Å². The van der Waals surface area contributed by atoms with Gasteiger partial charge in [-0.2, -0.15) is 0 Å². The summed E-state index contributed by atoms with van der Waals surface area (Å²) in [7, 11) is 1.77. The topological polar surface area (TPSA) is 24.5 Å². The molecule has 1 fully saturated rings. The van der Waals surface area contributed by atoms with Crippen LogP contribution in [0.3, 0.4) is 0 Å². The SMILES string of the molecule is CCN(CC1CCNCC1)C(C)c1cc(C)ccc1OC. The molecule has 0 bridgehead atoms. The number of rotatable bonds is 6. The average Bonchev–Trinajstić information content (AvgIpc) is 2.53. The Labute approximate surface area is 129 Å². The normalized spacial score (nSPS) is 18.0. The second-order valence-corrected chi connectivity index (χ2v) is 6.20. The van der Waals surface area contributed by atoms with Crippen molar-refractivity contribution in [3.05, 3.63) is 29.3 Å². The molecule has 0 amide bonds. The number of hydrogen-bond acceptors (Lipinski definition) is 3. The maximum Gasteiger partial charge on any atom is 0.123 e. The first kappa shape index (κ1) is 16.3. The van der Waals surface area contributed by atoms with Crippen molar-refractivity contribution in [1.29, 1.82) is 0 Å². The van der Waals surface area contributed by atoms with Gasteiger partial charge in [-0.25, -0.2) is 0 Å². The summed E-state index contributed by atoms with van der Waals surface area (Å²) in [6.07, 6.45) is 2.60. The van der Waals surface area contributed by atoms with Gasteiger partial charge in [0.05, 0.1) is 7.11 Å². The molecule has 1 saturated heterocycles. The summed E-state index contributed by atoms with van der Waals surface area (Å²) >= 11 is 0. The quantitative estimate of drug-likeness (QED) is 0.869. The van der Waals surface area contributed by atoms with E-state index in [9.17, 15) is 0 Å². The lowest BCUT2D eigenvalue weighted by Gasteiger charge is -2.34. The predicted octanol–water partition coefficient (Wildman–Crippen LogP) is 3.39. The Balaban J connectivity index is 2.11. The van der Waals surface area contributed by atoms with Gasteiger partial charge in [-0.1, -0.05) is 24.6 Å². The first-order valence-electron chi connectivity index (χ1n) is 8.25. The van der Waals surface area contributed by atoms with Crippen molar-refractivity contribution in [1.82, 2.24) is 10.2 Å². The molecule has 1 heterocycles. The Morgan fingerprint density at radius 2 is 2.05 bits per heavy atom. The first-order chi connectivity index (χ1) is 10.2. The molecule has 1 N–H and O–H groups in total. The number of piperidine rings is 1. The number of hydrogen-bond donors (Lipinski definition) is 1. The van der Waals surface area contributed by atoms with Crippen LogP contribution in [0, 0.1) is 12.8 Å². The van der Waals surface area contributed by atoms with E-state index in [0.717, 1.165) is 18.2 Å². The van der Waals surface area contributed by atoms with Gasteiger partial charge in [0.25, 0.3) is 0 Å². The molecule has 1 aliphatic heterocycles. The molecule has 21 heavy (non-hydrogen) atoms. The smallest absolute Gasteiger partial charge is 0.123 e. The van der Waals surface area contributed by atoms with Gasteiger partial charge < -0.3 is 10.1 Å². The third kappa shape index (κ3) is 4.21. The van der Waals surface area contributed by atoms with Crippen LogP contribution in [0.5, 0.6) is 5.75 Å². The van der Waals surface area contributed by atoms with Crippen LogP contribution in [-0.4, -0.2) is 38.2 Å². The molecule has 3 nitrogen and oxygen atoms in total. The van der Waals surface area contributed by atoms with Crippen LogP contribution < -0.4 is 10.1 Å². The fraction of sp³-hybridized carbons (Fsp3) is 0.667. The van der Waals surface area contributed by atoms with E-state index in [1.165, 1.54) is 43.6 Å². The second kappa shape index (κ2) is 7.81. The molecule has 1 aromatic carbocycles. The van der Waals surface area contributed by atoms with Crippen molar-refractivity contribution in [2.75, 3.05) is 33.3 Å². The molecule has 1 aromatic rings. The average molecular weight is 290 g/mol. The maximum absolute atomic E-state index is 5.57. The van der Waals surface area contributed by atoms with Crippen LogP contribution in [0.2, 0.25) is 0 Å². The summed E-state index contributed by atoms with van der Waals surface area (Å²) in [5.74, 6) is 1.83. The van der Waals surface area contributed by atoms with Gasteiger partial charge in [-0.3, -0.25) is 4.90 Å². The van der Waals surface area contributed by atoms with Crippen molar-refractivity contribution in [3.8, 4) is 5.75 Å². The molecule has 1 aliphatic rings. The number of aryl methyl sites for hydroxylation is 1. The zero-order chi connectivity index (χ0) is 15.2. The van der Waals surface area contributed by atoms with E-state index >= 15 is 0 Å². The fourth-order valence-electron chi connectivity index (χ4n) is 3.33. The zero-order valence-electron chi connectivity index (χ0n) is 14.0. The fourth-order valence-corrected chi connectivity index (χ4v) is 3.33. The zero-order valence-corrected chi connectivity index (χ0v) is 14.0. The molecule has 1 atom stereocenters. The molecule has 0 aromatic heterocycles. The van der Waals surface area contributed by atoms with Gasteiger partial charge >= 0.3 is 0 Å². The predicted molar refractivity (Wildman–Crippen MR) is 89.0 cm³/mol. The molecule has 118 valence electrons. The highest BCUT2D eigenvalue weighted by atomic mass is 16.5. The van der Waals surface area contributed by atoms with Crippen LogP contribution >= 0.6 is 0 Å². The third-order valence-electron chi connectivity index (χ3n) is 4.74. The van der Waals surface area contributed by atoms with Crippen LogP contribution in [-0.2, 0) is 0 Å². The summed E-state index contributed by atoms with van der Waals surface area (Å²) in [5, 5.41) is 3.45. The van der Waals surface area contributed by atoms with E-state index in [1.54, 1.807) is 7.11 Å². The van der Waals surface area contributed by atoms with Crippen molar-refractivity contribution >= 4 is 0 Å². The summed E-state index contributed by atoms with van der Waals surface area (Å²) < 4.78 is 5.57. The Morgan fingerprint density at radius 1 is 1.33 bits per heavy atom. The molecule has 2 rings (SSSR count). The van der Waals surface area contributed by atoms with Crippen LogP contribution in [0.4, 0.5) is 0 Å². The van der Waals surface area contributed by atoms with E-state index in [1.807, 2.05) is 0 Å². The van der Waals surface area contributed by atoms with E-state index < -0.39 is 0 Å². The van der Waals surface area contributed by atoms with Crippen molar-refractivity contribution < 1.29 is 4.74 Å². The first-order valence-corrected chi connectivity index (χ1v) is 8.25. The van der Waals surface area contributed by atoms with Gasteiger partial charge in [0, 0.05) is 18.2 Å². The highest BCUT2D eigenvalue weighted by Crippen LogP contribution is 2.31. The Kier molecular flexibility index (Phi) is 6.07. The summed E-state index contributed by atoms with van der Waals surface area (Å²) in [5.41, 5.74) is 2.61. The number of nitrogens with zero attached hydrogens (tertiary/aromatic N) is 1. The van der Waals surface area contributed by atoms with Crippen LogP contribution in [0.25, 0.3) is 0 Å². The molecule has 0 radical (unpaired) electrons. The van der Waals surface area contributed by atoms with Crippen molar-refractivity contribution in [2.45, 2.75) is 39.7 Å². The minimum atomic E-state index is 0.403. The van der Waals surface area contributed by atoms with Gasteiger partial charge in [-0.15, -0.1) is 0 Å². The second-order valence-electron chi connectivity index (χ2n) is 6.20. The maximum atomic E-state index is 5.57. The summed E-state index contributed by atoms with van der Waals surface area (Å²) in [6.45, 7) is 11.3. The Hall–Kier alpha value is -1.06. The number of methoxy groups -OCH3 is 1. The number of benzene rings is 1. The molecule has 0 aliphatic carbocycles. The molecular weight excluding hydrogens is 260 g/mol. The minimum absolute atomic E-state index is 0.403.